The third-order valence-electron chi connectivity index (χ3n) is 3.44. The average Bonchev–Trinajstić information content (AvgIpc) is 2.77. The SMILES string of the molecule is CCn1ncc(-c2ccc(CNC(C)C)cc2F)c1C. The zero-order valence-corrected chi connectivity index (χ0v) is 12.6. The van der Waals surface area contributed by atoms with Crippen LogP contribution in [0, 0.1) is 12.7 Å². The van der Waals surface area contributed by atoms with Crippen molar-refractivity contribution >= 4 is 0 Å². The van der Waals surface area contributed by atoms with Crippen molar-refractivity contribution in [3.05, 3.63) is 41.5 Å². The molecule has 2 rings (SSSR count). The standard InChI is InChI=1S/C16H22FN3/c1-5-20-12(4)15(10-19-20)14-7-6-13(8-16(14)17)9-18-11(2)3/h6-8,10-11,18H,5,9H2,1-4H3. The molecule has 20 heavy (non-hydrogen) atoms. The Kier molecular flexibility index (Phi) is 4.55. The second-order valence-corrected chi connectivity index (χ2v) is 5.31. The molecule has 0 amide bonds. The lowest BCUT2D eigenvalue weighted by Crippen LogP contribution is -2.21. The van der Waals surface area contributed by atoms with Crippen molar-refractivity contribution in [2.75, 3.05) is 0 Å². The molecule has 0 aliphatic carbocycles. The van der Waals surface area contributed by atoms with E-state index in [1.807, 2.05) is 30.7 Å². The monoisotopic (exact) mass is 275 g/mol. The fourth-order valence-corrected chi connectivity index (χ4v) is 2.24. The van der Waals surface area contributed by atoms with E-state index in [2.05, 4.69) is 24.3 Å². The fraction of sp³-hybridized carbons (Fsp3) is 0.438. The second-order valence-electron chi connectivity index (χ2n) is 5.31. The molecule has 2 aromatic rings. The van der Waals surface area contributed by atoms with Gasteiger partial charge in [-0.05, 0) is 25.5 Å². The van der Waals surface area contributed by atoms with Crippen LogP contribution in [0.15, 0.2) is 24.4 Å². The molecule has 4 heteroatoms. The van der Waals surface area contributed by atoms with Gasteiger partial charge in [-0.25, -0.2) is 4.39 Å². The molecule has 0 fully saturated rings. The molecule has 1 aromatic heterocycles. The van der Waals surface area contributed by atoms with Gasteiger partial charge >= 0.3 is 0 Å². The summed E-state index contributed by atoms with van der Waals surface area (Å²) in [7, 11) is 0. The van der Waals surface area contributed by atoms with Crippen LogP contribution in [0.4, 0.5) is 4.39 Å². The van der Waals surface area contributed by atoms with Crippen molar-refractivity contribution in [2.45, 2.75) is 46.8 Å². The lowest BCUT2D eigenvalue weighted by Gasteiger charge is -2.10. The Morgan fingerprint density at radius 3 is 2.60 bits per heavy atom. The first-order chi connectivity index (χ1) is 9.52. The van der Waals surface area contributed by atoms with E-state index >= 15 is 0 Å². The van der Waals surface area contributed by atoms with Crippen LogP contribution in [-0.2, 0) is 13.1 Å². The Morgan fingerprint density at radius 1 is 1.30 bits per heavy atom. The van der Waals surface area contributed by atoms with Gasteiger partial charge in [0.15, 0.2) is 0 Å². The molecular formula is C16H22FN3. The number of nitrogens with zero attached hydrogens (tertiary/aromatic N) is 2. The van der Waals surface area contributed by atoms with Crippen molar-refractivity contribution in [1.82, 2.24) is 15.1 Å². The minimum absolute atomic E-state index is 0.188. The summed E-state index contributed by atoms with van der Waals surface area (Å²) in [4.78, 5) is 0. The molecule has 0 saturated heterocycles. The van der Waals surface area contributed by atoms with Gasteiger partial charge in [0.25, 0.3) is 0 Å². The number of hydrogen-bond acceptors (Lipinski definition) is 2. The highest BCUT2D eigenvalue weighted by Crippen LogP contribution is 2.26. The molecule has 3 nitrogen and oxygen atoms in total. The first kappa shape index (κ1) is 14.7. The van der Waals surface area contributed by atoms with Crippen LogP contribution in [0.5, 0.6) is 0 Å². The van der Waals surface area contributed by atoms with Crippen molar-refractivity contribution in [3.8, 4) is 11.1 Å². The Bertz CT molecular complexity index is 587. The summed E-state index contributed by atoms with van der Waals surface area (Å²) in [5.74, 6) is -0.188. The maximum atomic E-state index is 14.3. The molecular weight excluding hydrogens is 253 g/mol. The molecule has 0 spiro atoms. The number of rotatable bonds is 5. The summed E-state index contributed by atoms with van der Waals surface area (Å²) in [6, 6.07) is 5.81. The zero-order chi connectivity index (χ0) is 14.7. The van der Waals surface area contributed by atoms with Gasteiger partial charge in [0.2, 0.25) is 0 Å². The van der Waals surface area contributed by atoms with Gasteiger partial charge in [-0.15, -0.1) is 0 Å². The normalized spacial score (nSPS) is 11.3. The summed E-state index contributed by atoms with van der Waals surface area (Å²) in [5, 5.41) is 7.56. The molecule has 0 aliphatic rings. The zero-order valence-electron chi connectivity index (χ0n) is 12.6. The molecule has 1 N–H and O–H groups in total. The number of benzene rings is 1. The number of halogens is 1. The fourth-order valence-electron chi connectivity index (χ4n) is 2.24. The molecule has 0 radical (unpaired) electrons. The molecule has 1 heterocycles. The quantitative estimate of drug-likeness (QED) is 0.905. The van der Waals surface area contributed by atoms with Crippen molar-refractivity contribution in [1.29, 1.82) is 0 Å². The highest BCUT2D eigenvalue weighted by molar-refractivity contribution is 5.66. The van der Waals surface area contributed by atoms with Crippen molar-refractivity contribution in [2.24, 2.45) is 0 Å². The second kappa shape index (κ2) is 6.18. The molecule has 108 valence electrons. The topological polar surface area (TPSA) is 29.9 Å². The Balaban J connectivity index is 2.27. The van der Waals surface area contributed by atoms with Crippen LogP contribution in [-0.4, -0.2) is 15.8 Å². The van der Waals surface area contributed by atoms with Gasteiger partial charge in [-0.1, -0.05) is 26.0 Å². The number of aromatic nitrogens is 2. The lowest BCUT2D eigenvalue weighted by molar-refractivity contribution is 0.582. The number of aryl methyl sites for hydroxylation is 1. The number of nitrogens with one attached hydrogen (secondary N) is 1. The van der Waals surface area contributed by atoms with E-state index in [-0.39, 0.29) is 5.82 Å². The van der Waals surface area contributed by atoms with Crippen LogP contribution in [0.25, 0.3) is 11.1 Å². The lowest BCUT2D eigenvalue weighted by atomic mass is 10.0. The van der Waals surface area contributed by atoms with Crippen LogP contribution in [0.2, 0.25) is 0 Å². The molecule has 0 aliphatic heterocycles. The highest BCUT2D eigenvalue weighted by Gasteiger charge is 2.12. The minimum atomic E-state index is -0.188. The summed E-state index contributed by atoms with van der Waals surface area (Å²) in [6.07, 6.45) is 1.74. The van der Waals surface area contributed by atoms with Gasteiger partial charge in [-0.3, -0.25) is 4.68 Å². The van der Waals surface area contributed by atoms with E-state index in [0.717, 1.165) is 23.4 Å². The van der Waals surface area contributed by atoms with Crippen LogP contribution in [0.1, 0.15) is 32.0 Å². The summed E-state index contributed by atoms with van der Waals surface area (Å²) >= 11 is 0. The summed E-state index contributed by atoms with van der Waals surface area (Å²) in [6.45, 7) is 9.63. The smallest absolute Gasteiger partial charge is 0.131 e. The Hall–Kier alpha value is -1.68. The van der Waals surface area contributed by atoms with Crippen LogP contribution in [0.3, 0.4) is 0 Å². The van der Waals surface area contributed by atoms with E-state index in [0.29, 0.717) is 18.2 Å². The van der Waals surface area contributed by atoms with Crippen LogP contribution >= 0.6 is 0 Å². The predicted octanol–water partition coefficient (Wildman–Crippen LogP) is 3.52. The van der Waals surface area contributed by atoms with Crippen molar-refractivity contribution < 1.29 is 4.39 Å². The van der Waals surface area contributed by atoms with E-state index in [1.54, 1.807) is 12.3 Å². The third-order valence-corrected chi connectivity index (χ3v) is 3.44. The molecule has 0 bridgehead atoms. The molecule has 0 saturated carbocycles. The number of hydrogen-bond donors (Lipinski definition) is 1. The first-order valence-electron chi connectivity index (χ1n) is 7.07. The average molecular weight is 275 g/mol. The van der Waals surface area contributed by atoms with E-state index in [4.69, 9.17) is 0 Å². The van der Waals surface area contributed by atoms with Gasteiger partial charge in [0.05, 0.1) is 6.20 Å². The molecule has 1 aromatic carbocycles. The van der Waals surface area contributed by atoms with Gasteiger partial charge in [-0.2, -0.15) is 5.10 Å². The predicted molar refractivity (Wildman–Crippen MR) is 80.0 cm³/mol. The maximum Gasteiger partial charge on any atom is 0.131 e. The van der Waals surface area contributed by atoms with Crippen LogP contribution < -0.4 is 5.32 Å². The Labute approximate surface area is 119 Å². The summed E-state index contributed by atoms with van der Waals surface area (Å²) in [5.41, 5.74) is 3.45. The molecule has 0 unspecified atom stereocenters. The van der Waals surface area contributed by atoms with E-state index in [1.165, 1.54) is 0 Å². The van der Waals surface area contributed by atoms with Crippen molar-refractivity contribution in [3.63, 3.8) is 0 Å². The van der Waals surface area contributed by atoms with E-state index in [9.17, 15) is 4.39 Å². The van der Waals surface area contributed by atoms with Gasteiger partial charge in [0, 0.05) is 36.0 Å². The largest absolute Gasteiger partial charge is 0.310 e. The van der Waals surface area contributed by atoms with Gasteiger partial charge < -0.3 is 5.32 Å². The minimum Gasteiger partial charge on any atom is -0.310 e. The van der Waals surface area contributed by atoms with Gasteiger partial charge in [0.1, 0.15) is 5.82 Å². The highest BCUT2D eigenvalue weighted by atomic mass is 19.1. The van der Waals surface area contributed by atoms with E-state index < -0.39 is 0 Å². The third kappa shape index (κ3) is 3.07. The maximum absolute atomic E-state index is 14.3. The Morgan fingerprint density at radius 2 is 2.05 bits per heavy atom. The summed E-state index contributed by atoms with van der Waals surface area (Å²) < 4.78 is 16.2. The first-order valence-corrected chi connectivity index (χ1v) is 7.07. The molecule has 0 atom stereocenters.